The van der Waals surface area contributed by atoms with Crippen LogP contribution in [0.3, 0.4) is 0 Å². The van der Waals surface area contributed by atoms with E-state index in [1.54, 1.807) is 23.5 Å². The lowest BCUT2D eigenvalue weighted by Crippen LogP contribution is -1.79. The summed E-state index contributed by atoms with van der Waals surface area (Å²) in [5, 5.41) is 3.73. The average molecular weight is 443 g/mol. The largest absolute Gasteiger partial charge is 0.412 e. The van der Waals surface area contributed by atoms with E-state index in [2.05, 4.69) is 110 Å². The quantitative estimate of drug-likeness (QED) is 0.281. The molecule has 0 spiro atoms. The molecule has 156 valence electrons. The molecule has 0 amide bonds. The second kappa shape index (κ2) is 13.3. The van der Waals surface area contributed by atoms with E-state index in [-0.39, 0.29) is 5.48 Å². The normalized spacial score (nSPS) is 9.55. The summed E-state index contributed by atoms with van der Waals surface area (Å²) in [5.41, 5.74) is 5.04. The fourth-order valence-corrected chi connectivity index (χ4v) is 4.33. The van der Waals surface area contributed by atoms with Crippen LogP contribution in [-0.2, 0) is 0 Å². The van der Waals surface area contributed by atoms with Crippen molar-refractivity contribution in [1.29, 1.82) is 0 Å². The Labute approximate surface area is 193 Å². The maximum atomic E-state index is 3.75. The molecule has 0 radical (unpaired) electrons. The second-order valence-electron chi connectivity index (χ2n) is 6.29. The average Bonchev–Trinajstić information content (AvgIpc) is 2.82. The third kappa shape index (κ3) is 7.04. The number of benzene rings is 4. The number of rotatable bonds is 6. The number of hydrogen-bond acceptors (Lipinski definition) is 2. The molecule has 0 atom stereocenters. The summed E-state index contributed by atoms with van der Waals surface area (Å²) in [6.07, 6.45) is 0. The minimum absolute atomic E-state index is 0. The molecule has 0 bridgehead atoms. The summed E-state index contributed by atoms with van der Waals surface area (Å²) in [7, 11) is 0. The molecule has 4 aromatic carbocycles. The van der Waals surface area contributed by atoms with Gasteiger partial charge >= 0.3 is 0 Å². The molecule has 0 saturated heterocycles. The van der Waals surface area contributed by atoms with Crippen LogP contribution in [0.5, 0.6) is 0 Å². The molecule has 0 heterocycles. The van der Waals surface area contributed by atoms with Crippen LogP contribution in [0.4, 0.5) is 0 Å². The van der Waals surface area contributed by atoms with E-state index >= 15 is 0 Å². The van der Waals surface area contributed by atoms with Crippen molar-refractivity contribution in [2.45, 2.75) is 9.79 Å². The molecular weight excluding hydrogens is 416 g/mol. The summed E-state index contributed by atoms with van der Waals surface area (Å²) >= 11 is 3.32. The van der Waals surface area contributed by atoms with Gasteiger partial charge in [0.1, 0.15) is 0 Å². The van der Waals surface area contributed by atoms with Crippen LogP contribution in [0.15, 0.2) is 143 Å². The Bertz CT molecular complexity index is 987. The zero-order chi connectivity index (χ0) is 21.0. The SMILES string of the molecule is C=CSc1ccccc1-c1ccccc1.C=CSc1ccccc1-c1ccccc1.O. The van der Waals surface area contributed by atoms with Crippen LogP contribution in [0.1, 0.15) is 0 Å². The van der Waals surface area contributed by atoms with E-state index < -0.39 is 0 Å². The molecule has 0 fully saturated rings. The number of thioether (sulfide) groups is 2. The van der Waals surface area contributed by atoms with E-state index in [4.69, 9.17) is 0 Å². The highest BCUT2D eigenvalue weighted by atomic mass is 32.2. The Kier molecular flexibility index (Phi) is 10.5. The Balaban J connectivity index is 0.000000213. The first-order valence-electron chi connectivity index (χ1n) is 9.67. The van der Waals surface area contributed by atoms with Crippen molar-refractivity contribution in [2.75, 3.05) is 0 Å². The van der Waals surface area contributed by atoms with E-state index in [1.807, 2.05) is 22.9 Å². The van der Waals surface area contributed by atoms with Crippen molar-refractivity contribution in [3.63, 3.8) is 0 Å². The Morgan fingerprint density at radius 1 is 0.452 bits per heavy atom. The molecule has 0 unspecified atom stereocenters. The summed E-state index contributed by atoms with van der Waals surface area (Å²) in [6, 6.07) is 37.6. The van der Waals surface area contributed by atoms with Crippen LogP contribution < -0.4 is 0 Å². The summed E-state index contributed by atoms with van der Waals surface area (Å²) in [5.74, 6) is 0. The van der Waals surface area contributed by atoms with Crippen LogP contribution in [0.25, 0.3) is 22.3 Å². The van der Waals surface area contributed by atoms with Gasteiger partial charge < -0.3 is 5.48 Å². The van der Waals surface area contributed by atoms with E-state index in [9.17, 15) is 0 Å². The minimum atomic E-state index is 0. The van der Waals surface area contributed by atoms with Gasteiger partial charge in [0.25, 0.3) is 0 Å². The summed E-state index contributed by atoms with van der Waals surface area (Å²) in [6.45, 7) is 7.51. The second-order valence-corrected chi connectivity index (χ2v) is 8.31. The third-order valence-electron chi connectivity index (χ3n) is 4.36. The molecular formula is C28H26OS2. The molecule has 0 aliphatic rings. The van der Waals surface area contributed by atoms with Gasteiger partial charge in [0, 0.05) is 9.79 Å². The van der Waals surface area contributed by atoms with Gasteiger partial charge in [-0.1, -0.05) is 134 Å². The van der Waals surface area contributed by atoms with Crippen molar-refractivity contribution in [1.82, 2.24) is 0 Å². The number of hydrogen-bond donors (Lipinski definition) is 0. The molecule has 3 heteroatoms. The molecule has 0 aliphatic heterocycles. The molecule has 4 rings (SSSR count). The maximum absolute atomic E-state index is 3.75. The van der Waals surface area contributed by atoms with E-state index in [0.717, 1.165) is 0 Å². The zero-order valence-corrected chi connectivity index (χ0v) is 18.9. The molecule has 4 aromatic rings. The van der Waals surface area contributed by atoms with Crippen LogP contribution in [-0.4, -0.2) is 5.48 Å². The first-order valence-corrected chi connectivity index (χ1v) is 11.4. The lowest BCUT2D eigenvalue weighted by molar-refractivity contribution is 0.824. The minimum Gasteiger partial charge on any atom is -0.412 e. The van der Waals surface area contributed by atoms with Crippen LogP contribution in [0.2, 0.25) is 0 Å². The van der Waals surface area contributed by atoms with E-state index in [0.29, 0.717) is 0 Å². The molecule has 1 nitrogen and oxygen atoms in total. The van der Waals surface area contributed by atoms with Gasteiger partial charge in [0.15, 0.2) is 0 Å². The van der Waals surface area contributed by atoms with Crippen molar-refractivity contribution in [2.24, 2.45) is 0 Å². The van der Waals surface area contributed by atoms with Gasteiger partial charge in [-0.3, -0.25) is 0 Å². The lowest BCUT2D eigenvalue weighted by Gasteiger charge is -2.06. The fourth-order valence-electron chi connectivity index (χ4n) is 3.03. The summed E-state index contributed by atoms with van der Waals surface area (Å²) in [4.78, 5) is 2.50. The van der Waals surface area contributed by atoms with Crippen molar-refractivity contribution in [3.8, 4) is 22.3 Å². The smallest absolute Gasteiger partial charge is 0.0194 e. The van der Waals surface area contributed by atoms with Crippen LogP contribution in [0, 0.1) is 0 Å². The first kappa shape index (κ1) is 24.3. The van der Waals surface area contributed by atoms with Crippen molar-refractivity contribution in [3.05, 3.63) is 133 Å². The molecule has 31 heavy (non-hydrogen) atoms. The van der Waals surface area contributed by atoms with Gasteiger partial charge in [-0.05, 0) is 45.2 Å². The van der Waals surface area contributed by atoms with Crippen molar-refractivity contribution < 1.29 is 5.48 Å². The monoisotopic (exact) mass is 442 g/mol. The Hall–Kier alpha value is -2.98. The van der Waals surface area contributed by atoms with Gasteiger partial charge in [-0.25, -0.2) is 0 Å². The van der Waals surface area contributed by atoms with Gasteiger partial charge in [0.2, 0.25) is 0 Å². The highest BCUT2D eigenvalue weighted by molar-refractivity contribution is 8.02. The molecule has 0 aliphatic carbocycles. The predicted molar refractivity (Wildman–Crippen MR) is 139 cm³/mol. The Morgan fingerprint density at radius 2 is 0.774 bits per heavy atom. The fraction of sp³-hybridized carbons (Fsp3) is 0. The molecule has 0 aromatic heterocycles. The first-order chi connectivity index (χ1) is 14.8. The van der Waals surface area contributed by atoms with Crippen LogP contribution >= 0.6 is 23.5 Å². The van der Waals surface area contributed by atoms with Gasteiger partial charge in [-0.15, -0.1) is 0 Å². The topological polar surface area (TPSA) is 31.5 Å². The lowest BCUT2D eigenvalue weighted by atomic mass is 10.1. The maximum Gasteiger partial charge on any atom is 0.0194 e. The highest BCUT2D eigenvalue weighted by Crippen LogP contribution is 2.32. The molecule has 2 N–H and O–H groups in total. The van der Waals surface area contributed by atoms with E-state index in [1.165, 1.54) is 32.0 Å². The van der Waals surface area contributed by atoms with Gasteiger partial charge in [-0.2, -0.15) is 0 Å². The predicted octanol–water partition coefficient (Wildman–Crippen LogP) is 8.35. The van der Waals surface area contributed by atoms with Gasteiger partial charge in [0.05, 0.1) is 0 Å². The molecule has 0 saturated carbocycles. The third-order valence-corrected chi connectivity index (χ3v) is 5.92. The Morgan fingerprint density at radius 3 is 1.13 bits per heavy atom. The highest BCUT2D eigenvalue weighted by Gasteiger charge is 2.03. The standard InChI is InChI=1S/2C14H12S.H2O/c2*1-2-15-14-11-7-6-10-13(14)12-8-4-3-5-9-12;/h2*2-11H,1H2;1H2. The summed E-state index contributed by atoms with van der Waals surface area (Å²) < 4.78 is 0. The van der Waals surface area contributed by atoms with Crippen molar-refractivity contribution >= 4 is 23.5 Å². The zero-order valence-electron chi connectivity index (χ0n) is 17.3.